The summed E-state index contributed by atoms with van der Waals surface area (Å²) < 4.78 is 33.7. The molecule has 7 heteroatoms. The Labute approximate surface area is 122 Å². The molecule has 1 N–H and O–H groups in total. The van der Waals surface area contributed by atoms with Crippen LogP contribution in [0.4, 0.5) is 0 Å². The second-order valence-corrected chi connectivity index (χ2v) is 7.89. The monoisotopic (exact) mass is 305 g/mol. The Morgan fingerprint density at radius 2 is 1.90 bits per heavy atom. The van der Waals surface area contributed by atoms with E-state index in [0.717, 1.165) is 32.2 Å². The van der Waals surface area contributed by atoms with E-state index in [4.69, 9.17) is 4.74 Å². The molecule has 6 nitrogen and oxygen atoms in total. The topological polar surface area (TPSA) is 61.9 Å². The van der Waals surface area contributed by atoms with E-state index in [0.29, 0.717) is 19.7 Å². The van der Waals surface area contributed by atoms with Crippen molar-refractivity contribution in [3.05, 3.63) is 0 Å². The Morgan fingerprint density at radius 3 is 2.50 bits per heavy atom. The quantitative estimate of drug-likeness (QED) is 0.799. The Bertz CT molecular complexity index is 390. The van der Waals surface area contributed by atoms with Gasteiger partial charge in [-0.15, -0.1) is 0 Å². The predicted molar refractivity (Wildman–Crippen MR) is 78.8 cm³/mol. The van der Waals surface area contributed by atoms with Gasteiger partial charge in [0.15, 0.2) is 0 Å². The Balaban J connectivity index is 1.93. The smallest absolute Gasteiger partial charge is 0.281 e. The normalized spacial score (nSPS) is 26.3. The van der Waals surface area contributed by atoms with Gasteiger partial charge in [-0.2, -0.15) is 17.0 Å². The number of nitrogens with one attached hydrogen (secondary N) is 1. The van der Waals surface area contributed by atoms with Crippen LogP contribution in [0.3, 0.4) is 0 Å². The zero-order valence-electron chi connectivity index (χ0n) is 12.5. The van der Waals surface area contributed by atoms with Crippen molar-refractivity contribution in [2.24, 2.45) is 0 Å². The highest BCUT2D eigenvalue weighted by Crippen LogP contribution is 2.24. The highest BCUT2D eigenvalue weighted by Gasteiger charge is 2.32. The summed E-state index contributed by atoms with van der Waals surface area (Å²) in [5.41, 5.74) is 0. The summed E-state index contributed by atoms with van der Waals surface area (Å²) in [6.07, 6.45) is 5.38. The van der Waals surface area contributed by atoms with Gasteiger partial charge in [-0.3, -0.25) is 0 Å². The van der Waals surface area contributed by atoms with Crippen LogP contribution in [0.5, 0.6) is 0 Å². The van der Waals surface area contributed by atoms with Gasteiger partial charge >= 0.3 is 0 Å². The van der Waals surface area contributed by atoms with Gasteiger partial charge in [-0.1, -0.05) is 19.3 Å². The van der Waals surface area contributed by atoms with Crippen LogP contribution in [0.25, 0.3) is 0 Å². The summed E-state index contributed by atoms with van der Waals surface area (Å²) in [6.45, 7) is 2.62. The number of morpholine rings is 1. The molecule has 0 spiro atoms. The number of hydrogen-bond acceptors (Lipinski definition) is 4. The van der Waals surface area contributed by atoms with E-state index in [1.54, 1.807) is 18.4 Å². The first-order valence-electron chi connectivity index (χ1n) is 7.53. The second-order valence-electron chi connectivity index (χ2n) is 5.79. The zero-order chi connectivity index (χ0) is 14.6. The zero-order valence-corrected chi connectivity index (χ0v) is 13.4. The molecule has 2 fully saturated rings. The van der Waals surface area contributed by atoms with Gasteiger partial charge in [-0.05, 0) is 12.8 Å². The van der Waals surface area contributed by atoms with Crippen LogP contribution in [0.1, 0.15) is 32.1 Å². The molecule has 0 aromatic carbocycles. The summed E-state index contributed by atoms with van der Waals surface area (Å²) in [5.74, 6) is 0. The minimum absolute atomic E-state index is 0.0525. The maximum atomic E-state index is 12.6. The van der Waals surface area contributed by atoms with E-state index in [2.05, 4.69) is 5.32 Å². The van der Waals surface area contributed by atoms with E-state index < -0.39 is 10.2 Å². The van der Waals surface area contributed by atoms with Crippen molar-refractivity contribution in [2.75, 3.05) is 40.3 Å². The second kappa shape index (κ2) is 7.17. The molecule has 118 valence electrons. The summed E-state index contributed by atoms with van der Waals surface area (Å²) >= 11 is 0. The number of hydrogen-bond donors (Lipinski definition) is 1. The van der Waals surface area contributed by atoms with Crippen molar-refractivity contribution in [2.45, 2.75) is 44.2 Å². The lowest BCUT2D eigenvalue weighted by Crippen LogP contribution is -2.50. The molecule has 0 radical (unpaired) electrons. The summed E-state index contributed by atoms with van der Waals surface area (Å²) in [7, 11) is -0.0235. The van der Waals surface area contributed by atoms with Crippen LogP contribution in [-0.2, 0) is 14.9 Å². The molecule has 1 saturated carbocycles. The maximum absolute atomic E-state index is 12.6. The van der Waals surface area contributed by atoms with E-state index in [9.17, 15) is 8.42 Å². The minimum atomic E-state index is -3.38. The Hall–Kier alpha value is -0.210. The summed E-state index contributed by atoms with van der Waals surface area (Å²) in [6, 6.07) is 0.154. The Kier molecular flexibility index (Phi) is 5.80. The van der Waals surface area contributed by atoms with Crippen molar-refractivity contribution in [1.82, 2.24) is 13.9 Å². The van der Waals surface area contributed by atoms with Gasteiger partial charge in [0.1, 0.15) is 0 Å². The van der Waals surface area contributed by atoms with E-state index >= 15 is 0 Å². The number of rotatable bonds is 5. The number of ether oxygens (including phenoxy) is 1. The highest BCUT2D eigenvalue weighted by atomic mass is 32.2. The first kappa shape index (κ1) is 16.2. The van der Waals surface area contributed by atoms with E-state index in [1.165, 1.54) is 10.7 Å². The largest absolute Gasteiger partial charge is 0.374 e. The van der Waals surface area contributed by atoms with Gasteiger partial charge in [0.25, 0.3) is 10.2 Å². The average Bonchev–Trinajstić information content (AvgIpc) is 2.48. The molecular weight excluding hydrogens is 278 g/mol. The third-order valence-corrected chi connectivity index (χ3v) is 6.27. The fourth-order valence-corrected chi connectivity index (χ4v) is 4.35. The first-order valence-corrected chi connectivity index (χ1v) is 8.93. The average molecular weight is 305 g/mol. The van der Waals surface area contributed by atoms with Crippen molar-refractivity contribution >= 4 is 10.2 Å². The third kappa shape index (κ3) is 3.92. The van der Waals surface area contributed by atoms with Crippen LogP contribution >= 0.6 is 0 Å². The van der Waals surface area contributed by atoms with E-state index in [-0.39, 0.29) is 12.1 Å². The molecular formula is C13H27N3O3S. The predicted octanol–water partition coefficient (Wildman–Crippen LogP) is 0.416. The molecule has 1 aliphatic heterocycles. The van der Waals surface area contributed by atoms with Gasteiger partial charge in [0, 0.05) is 39.8 Å². The van der Waals surface area contributed by atoms with Gasteiger partial charge < -0.3 is 10.1 Å². The molecule has 1 aliphatic carbocycles. The van der Waals surface area contributed by atoms with Crippen molar-refractivity contribution < 1.29 is 13.2 Å². The number of nitrogens with zero attached hydrogens (tertiary/aromatic N) is 2. The summed E-state index contributed by atoms with van der Waals surface area (Å²) in [4.78, 5) is 0. The minimum Gasteiger partial charge on any atom is -0.374 e. The van der Waals surface area contributed by atoms with Crippen molar-refractivity contribution in [3.8, 4) is 0 Å². The van der Waals surface area contributed by atoms with E-state index in [1.807, 2.05) is 0 Å². The molecule has 0 bridgehead atoms. The molecule has 20 heavy (non-hydrogen) atoms. The van der Waals surface area contributed by atoms with Gasteiger partial charge in [0.05, 0.1) is 12.7 Å². The summed E-state index contributed by atoms with van der Waals surface area (Å²) in [5, 5.41) is 3.22. The third-order valence-electron chi connectivity index (χ3n) is 4.31. The van der Waals surface area contributed by atoms with Crippen LogP contribution in [0, 0.1) is 0 Å². The molecule has 0 amide bonds. The molecule has 2 rings (SSSR count). The standard InChI is InChI=1S/C13H27N3O3S/c1-15(11-13-10-14-8-9-19-13)20(17,18)16(2)12-6-4-3-5-7-12/h12-14H,3-11H2,1-2H3. The maximum Gasteiger partial charge on any atom is 0.281 e. The van der Waals surface area contributed by atoms with Gasteiger partial charge in [0.2, 0.25) is 0 Å². The van der Waals surface area contributed by atoms with Crippen LogP contribution < -0.4 is 5.32 Å². The lowest BCUT2D eigenvalue weighted by Gasteiger charge is -2.34. The lowest BCUT2D eigenvalue weighted by molar-refractivity contribution is 0.0198. The van der Waals surface area contributed by atoms with Crippen LogP contribution in [-0.4, -0.2) is 69.5 Å². The molecule has 1 saturated heterocycles. The van der Waals surface area contributed by atoms with Gasteiger partial charge in [-0.25, -0.2) is 0 Å². The SMILES string of the molecule is CN(CC1CNCCO1)S(=O)(=O)N(C)C1CCCCC1. The first-order chi connectivity index (χ1) is 9.51. The fraction of sp³-hybridized carbons (Fsp3) is 1.00. The van der Waals surface area contributed by atoms with Crippen molar-refractivity contribution in [3.63, 3.8) is 0 Å². The Morgan fingerprint density at radius 1 is 1.20 bits per heavy atom. The number of likely N-dealkylation sites (N-methyl/N-ethyl adjacent to an activating group) is 1. The molecule has 1 atom stereocenters. The molecule has 2 aliphatic rings. The molecule has 1 unspecified atom stereocenters. The lowest BCUT2D eigenvalue weighted by atomic mass is 9.96. The molecule has 1 heterocycles. The molecule has 0 aromatic heterocycles. The van der Waals surface area contributed by atoms with Crippen LogP contribution in [0.2, 0.25) is 0 Å². The van der Waals surface area contributed by atoms with Crippen molar-refractivity contribution in [1.29, 1.82) is 0 Å². The highest BCUT2D eigenvalue weighted by molar-refractivity contribution is 7.86. The molecule has 0 aromatic rings. The van der Waals surface area contributed by atoms with Crippen LogP contribution in [0.15, 0.2) is 0 Å². The fourth-order valence-electron chi connectivity index (χ4n) is 2.97.